The van der Waals surface area contributed by atoms with Crippen LogP contribution in [-0.4, -0.2) is 113 Å². The molecule has 0 unspecified atom stereocenters. The second-order valence-electron chi connectivity index (χ2n) is 13.7. The van der Waals surface area contributed by atoms with Gasteiger partial charge in [0, 0.05) is 32.4 Å². The Morgan fingerprint density at radius 3 is 2.61 bits per heavy atom. The lowest BCUT2D eigenvalue weighted by Crippen LogP contribution is -2.70. The molecule has 0 aromatic heterocycles. The molecule has 6 aliphatic rings. The first-order valence-electron chi connectivity index (χ1n) is 17.1. The van der Waals surface area contributed by atoms with Gasteiger partial charge in [0.1, 0.15) is 42.5 Å². The van der Waals surface area contributed by atoms with E-state index in [1.807, 2.05) is 36.4 Å². The van der Waals surface area contributed by atoms with Gasteiger partial charge in [-0.2, -0.15) is 5.06 Å². The summed E-state index contributed by atoms with van der Waals surface area (Å²) in [6, 6.07) is 13.9. The highest BCUT2D eigenvalue weighted by Gasteiger charge is 2.77. The first kappa shape index (κ1) is 32.4. The molecule has 13 nitrogen and oxygen atoms in total. The minimum Gasteiger partial charge on any atom is -0.499 e. The number of hydroxylamine groups is 2. The molecule has 4 aliphatic heterocycles. The van der Waals surface area contributed by atoms with E-state index in [0.717, 1.165) is 22.3 Å². The third-order valence-electron chi connectivity index (χ3n) is 10.8. The third-order valence-corrected chi connectivity index (χ3v) is 10.8. The number of rotatable bonds is 10. The summed E-state index contributed by atoms with van der Waals surface area (Å²) in [5.74, 6) is -2.21. The van der Waals surface area contributed by atoms with Gasteiger partial charge in [0.25, 0.3) is 0 Å². The average Bonchev–Trinajstić information content (AvgIpc) is 3.89. The molecule has 2 amide bonds. The number of amides is 2. The van der Waals surface area contributed by atoms with Gasteiger partial charge in [-0.1, -0.05) is 48.5 Å². The minimum atomic E-state index is -1.39. The Labute approximate surface area is 283 Å². The number of esters is 1. The second-order valence-corrected chi connectivity index (χ2v) is 13.7. The summed E-state index contributed by atoms with van der Waals surface area (Å²) in [5.41, 5.74) is 2.53. The van der Waals surface area contributed by atoms with E-state index < -0.39 is 53.7 Å². The van der Waals surface area contributed by atoms with Gasteiger partial charge in [0.15, 0.2) is 11.8 Å². The maximum atomic E-state index is 15.1. The first-order chi connectivity index (χ1) is 23.9. The Morgan fingerprint density at radius 2 is 1.84 bits per heavy atom. The Balaban J connectivity index is 1.14. The zero-order chi connectivity index (χ0) is 33.8. The van der Waals surface area contributed by atoms with Crippen LogP contribution >= 0.6 is 0 Å². The molecule has 2 aromatic carbocycles. The number of nitrogens with one attached hydrogen (secondary N) is 1. The molecule has 2 aromatic rings. The fourth-order valence-electron chi connectivity index (χ4n) is 8.81. The fourth-order valence-corrected chi connectivity index (χ4v) is 8.81. The van der Waals surface area contributed by atoms with E-state index in [-0.39, 0.29) is 51.1 Å². The highest BCUT2D eigenvalue weighted by atomic mass is 16.8. The molecule has 4 saturated heterocycles. The molecule has 2 bridgehead atoms. The number of likely N-dealkylation sites (tertiary alicyclic amines) is 1. The van der Waals surface area contributed by atoms with Gasteiger partial charge in [-0.05, 0) is 41.2 Å². The van der Waals surface area contributed by atoms with Gasteiger partial charge in [0.2, 0.25) is 11.8 Å². The van der Waals surface area contributed by atoms with Crippen molar-refractivity contribution in [3.8, 4) is 0 Å². The highest BCUT2D eigenvalue weighted by Crippen LogP contribution is 2.59. The van der Waals surface area contributed by atoms with Crippen LogP contribution in [0.2, 0.25) is 0 Å². The number of aliphatic hydroxyl groups is 2. The molecule has 8 rings (SSSR count). The predicted octanol–water partition coefficient (Wildman–Crippen LogP) is 0.845. The number of fused-ring (bicyclic) bond motifs is 5. The lowest BCUT2D eigenvalue weighted by molar-refractivity contribution is -0.218. The van der Waals surface area contributed by atoms with Crippen molar-refractivity contribution >= 4 is 23.9 Å². The maximum Gasteiger partial charge on any atom is 0.327 e. The summed E-state index contributed by atoms with van der Waals surface area (Å²) in [7, 11) is 0. The summed E-state index contributed by atoms with van der Waals surface area (Å²) in [6.45, 7) is 0.490. The van der Waals surface area contributed by atoms with Crippen LogP contribution in [0.5, 0.6) is 0 Å². The van der Waals surface area contributed by atoms with Crippen molar-refractivity contribution in [2.45, 2.75) is 80.9 Å². The summed E-state index contributed by atoms with van der Waals surface area (Å²) >= 11 is 0. The summed E-state index contributed by atoms with van der Waals surface area (Å²) in [5, 5.41) is 22.6. The lowest BCUT2D eigenvalue weighted by Gasteiger charge is -2.50. The van der Waals surface area contributed by atoms with Gasteiger partial charge < -0.3 is 39.4 Å². The van der Waals surface area contributed by atoms with E-state index in [0.29, 0.717) is 32.2 Å². The normalized spacial score (nSPS) is 32.4. The molecule has 2 aliphatic carbocycles. The maximum absolute atomic E-state index is 15.1. The third kappa shape index (κ3) is 5.43. The predicted molar refractivity (Wildman–Crippen MR) is 171 cm³/mol. The molecule has 1 saturated carbocycles. The smallest absolute Gasteiger partial charge is 0.327 e. The first-order valence-corrected chi connectivity index (χ1v) is 17.1. The van der Waals surface area contributed by atoms with Crippen molar-refractivity contribution in [1.29, 1.82) is 0 Å². The summed E-state index contributed by atoms with van der Waals surface area (Å²) < 4.78 is 25.0. The van der Waals surface area contributed by atoms with E-state index >= 15 is 4.79 Å². The molecular formula is C36H41N3O10. The van der Waals surface area contributed by atoms with Gasteiger partial charge in [-0.3, -0.25) is 19.2 Å². The molecule has 5 fully saturated rings. The quantitative estimate of drug-likeness (QED) is 0.186. The minimum absolute atomic E-state index is 0.0836. The lowest BCUT2D eigenvalue weighted by atomic mass is 9.62. The van der Waals surface area contributed by atoms with Crippen molar-refractivity contribution < 1.29 is 48.4 Å². The standard InChI is InChI=1S/C36H41N3O10/c40-13-11-37-32(42)26-9-4-12-38(26)34(44)36-20-27-28-29(48-35(47-28)18-24-7-1-2-8-25(24)19-35)31(36)49-39(30(36)33(43)46-27)21-23-6-3-5-22(17-23)10-15-45-16-14-41/h1-3,5-8,10,15,17,26-31,40-41H,4,9,11-14,16,18-21H2,(H,37,42)/t26-,27-,28+,29+,30+,31-,36+/m1/s1. The molecule has 7 atom stereocenters. The number of carbonyl (C=O) groups is 3. The molecule has 260 valence electrons. The van der Waals surface area contributed by atoms with Crippen molar-refractivity contribution in [3.63, 3.8) is 0 Å². The largest absolute Gasteiger partial charge is 0.499 e. The van der Waals surface area contributed by atoms with Crippen molar-refractivity contribution in [2.75, 3.05) is 32.9 Å². The summed E-state index contributed by atoms with van der Waals surface area (Å²) in [4.78, 5) is 50.7. The van der Waals surface area contributed by atoms with Gasteiger partial charge in [-0.15, -0.1) is 0 Å². The molecule has 13 heteroatoms. The fraction of sp³-hybridized carbons (Fsp3) is 0.528. The van der Waals surface area contributed by atoms with Crippen LogP contribution in [0.15, 0.2) is 54.8 Å². The van der Waals surface area contributed by atoms with Crippen LogP contribution in [0, 0.1) is 5.41 Å². The van der Waals surface area contributed by atoms with Gasteiger partial charge in [0.05, 0.1) is 26.0 Å². The van der Waals surface area contributed by atoms with Crippen molar-refractivity contribution in [3.05, 3.63) is 77.0 Å². The molecule has 49 heavy (non-hydrogen) atoms. The van der Waals surface area contributed by atoms with Crippen molar-refractivity contribution in [2.24, 2.45) is 5.41 Å². The topological polar surface area (TPSA) is 156 Å². The van der Waals surface area contributed by atoms with Crippen molar-refractivity contribution in [1.82, 2.24) is 15.3 Å². The number of aliphatic hydroxyl groups excluding tert-OH is 2. The number of hydrogen-bond acceptors (Lipinski definition) is 11. The Bertz CT molecular complexity index is 1630. The average molecular weight is 676 g/mol. The van der Waals surface area contributed by atoms with Crippen LogP contribution in [0.4, 0.5) is 0 Å². The van der Waals surface area contributed by atoms with E-state index in [1.165, 1.54) is 6.26 Å². The van der Waals surface area contributed by atoms with E-state index in [9.17, 15) is 14.7 Å². The molecule has 3 N–H and O–H groups in total. The van der Waals surface area contributed by atoms with Crippen LogP contribution in [0.25, 0.3) is 6.08 Å². The Kier molecular flexibility index (Phi) is 8.45. The number of nitrogens with zero attached hydrogens (tertiary/aromatic N) is 2. The van der Waals surface area contributed by atoms with E-state index in [2.05, 4.69) is 17.4 Å². The highest BCUT2D eigenvalue weighted by molar-refractivity contribution is 5.96. The summed E-state index contributed by atoms with van der Waals surface area (Å²) in [6.07, 6.45) is 2.65. The molecular weight excluding hydrogens is 634 g/mol. The molecule has 4 heterocycles. The Morgan fingerprint density at radius 1 is 1.04 bits per heavy atom. The number of hydrogen-bond donors (Lipinski definition) is 3. The zero-order valence-electron chi connectivity index (χ0n) is 27.1. The van der Waals surface area contributed by atoms with E-state index in [1.54, 1.807) is 16.0 Å². The molecule has 0 radical (unpaired) electrons. The van der Waals surface area contributed by atoms with Crippen LogP contribution < -0.4 is 5.32 Å². The monoisotopic (exact) mass is 675 g/mol. The van der Waals surface area contributed by atoms with Gasteiger partial charge in [-0.25, -0.2) is 0 Å². The number of benzene rings is 2. The number of carbonyl (C=O) groups excluding carboxylic acids is 3. The SMILES string of the molecule is O=C(NCCO)[C@H]1CCCN1C(=O)[C@@]12C[C@H]3OC(=O)[C@@H]1N(Cc1cccc(C=COCCO)c1)O[C@@H]2[C@H]1OC2(Cc4ccccc4C2)O[C@H]13. The van der Waals surface area contributed by atoms with Crippen LogP contribution in [0.3, 0.4) is 0 Å². The molecule has 1 spiro atoms. The van der Waals surface area contributed by atoms with E-state index in [4.69, 9.17) is 28.9 Å². The van der Waals surface area contributed by atoms with Gasteiger partial charge >= 0.3 is 5.97 Å². The van der Waals surface area contributed by atoms with Crippen LogP contribution in [-0.2, 0) is 57.6 Å². The Hall–Kier alpha value is -3.85. The number of ether oxygens (including phenoxy) is 4. The second kappa shape index (κ2) is 12.8. The zero-order valence-corrected chi connectivity index (χ0v) is 27.1. The van der Waals surface area contributed by atoms with Crippen LogP contribution in [0.1, 0.15) is 41.5 Å².